The Bertz CT molecular complexity index is 266. The molecule has 0 aromatic heterocycles. The first-order chi connectivity index (χ1) is 7.58. The fourth-order valence-electron chi connectivity index (χ4n) is 3.00. The number of carbonyl (C=O) groups excluding carboxylic acids is 1. The SMILES string of the molecule is CCC1(CN2C(=O)CNC2C(C)C)CCC1. The summed E-state index contributed by atoms with van der Waals surface area (Å²) in [5.41, 5.74) is 0.439. The van der Waals surface area contributed by atoms with E-state index < -0.39 is 0 Å². The van der Waals surface area contributed by atoms with E-state index in [1.807, 2.05) is 0 Å². The van der Waals surface area contributed by atoms with Crippen molar-refractivity contribution in [3.8, 4) is 0 Å². The Labute approximate surface area is 98.6 Å². The van der Waals surface area contributed by atoms with Gasteiger partial charge in [-0.25, -0.2) is 0 Å². The van der Waals surface area contributed by atoms with Crippen molar-refractivity contribution in [3.63, 3.8) is 0 Å². The standard InChI is InChI=1S/C13H24N2O/c1-4-13(6-5-7-13)9-15-11(16)8-14-12(15)10(2)3/h10,12,14H,4-9H2,1-3H3. The molecule has 1 heterocycles. The van der Waals surface area contributed by atoms with Gasteiger partial charge in [0.15, 0.2) is 0 Å². The van der Waals surface area contributed by atoms with Crippen LogP contribution in [0.2, 0.25) is 0 Å². The summed E-state index contributed by atoms with van der Waals surface area (Å²) < 4.78 is 0. The van der Waals surface area contributed by atoms with E-state index >= 15 is 0 Å². The van der Waals surface area contributed by atoms with Crippen LogP contribution in [0.25, 0.3) is 0 Å². The van der Waals surface area contributed by atoms with Crippen molar-refractivity contribution in [1.82, 2.24) is 10.2 Å². The van der Waals surface area contributed by atoms with Crippen molar-refractivity contribution < 1.29 is 4.79 Å². The van der Waals surface area contributed by atoms with Crippen molar-refractivity contribution in [2.75, 3.05) is 13.1 Å². The summed E-state index contributed by atoms with van der Waals surface area (Å²) in [7, 11) is 0. The number of amides is 1. The summed E-state index contributed by atoms with van der Waals surface area (Å²) in [6, 6.07) is 0. The maximum atomic E-state index is 11.9. The molecule has 1 atom stereocenters. The number of hydrogen-bond acceptors (Lipinski definition) is 2. The maximum absolute atomic E-state index is 11.9. The van der Waals surface area contributed by atoms with E-state index in [9.17, 15) is 4.79 Å². The molecule has 2 fully saturated rings. The van der Waals surface area contributed by atoms with Gasteiger partial charge in [0.05, 0.1) is 12.7 Å². The van der Waals surface area contributed by atoms with Crippen LogP contribution in [0.3, 0.4) is 0 Å². The highest BCUT2D eigenvalue weighted by Gasteiger charge is 2.42. The van der Waals surface area contributed by atoms with Crippen molar-refractivity contribution in [1.29, 1.82) is 0 Å². The minimum absolute atomic E-state index is 0.261. The minimum Gasteiger partial charge on any atom is -0.325 e. The predicted molar refractivity (Wildman–Crippen MR) is 64.9 cm³/mol. The molecule has 3 heteroatoms. The Balaban J connectivity index is 2.03. The van der Waals surface area contributed by atoms with Gasteiger partial charge in [-0.3, -0.25) is 10.1 Å². The van der Waals surface area contributed by atoms with Gasteiger partial charge < -0.3 is 4.90 Å². The second-order valence-corrected chi connectivity index (χ2v) is 5.80. The van der Waals surface area contributed by atoms with E-state index in [2.05, 4.69) is 31.0 Å². The van der Waals surface area contributed by atoms with Crippen molar-refractivity contribution >= 4 is 5.91 Å². The van der Waals surface area contributed by atoms with Gasteiger partial charge in [0.2, 0.25) is 5.91 Å². The summed E-state index contributed by atoms with van der Waals surface area (Å²) in [6.07, 6.45) is 5.42. The predicted octanol–water partition coefficient (Wildman–Crippen LogP) is 1.98. The summed E-state index contributed by atoms with van der Waals surface area (Å²) in [4.78, 5) is 14.0. The number of carbonyl (C=O) groups is 1. The minimum atomic E-state index is 0.261. The highest BCUT2D eigenvalue weighted by atomic mass is 16.2. The third-order valence-electron chi connectivity index (χ3n) is 4.42. The Morgan fingerprint density at radius 1 is 1.50 bits per heavy atom. The smallest absolute Gasteiger partial charge is 0.237 e. The van der Waals surface area contributed by atoms with Crippen molar-refractivity contribution in [2.24, 2.45) is 11.3 Å². The molecule has 3 nitrogen and oxygen atoms in total. The van der Waals surface area contributed by atoms with Gasteiger partial charge in [-0.05, 0) is 30.6 Å². The van der Waals surface area contributed by atoms with Crippen LogP contribution in [0.4, 0.5) is 0 Å². The van der Waals surface area contributed by atoms with E-state index in [1.54, 1.807) is 0 Å². The first-order valence-electron chi connectivity index (χ1n) is 6.61. The molecule has 1 saturated carbocycles. The Kier molecular flexibility index (Phi) is 3.24. The second-order valence-electron chi connectivity index (χ2n) is 5.80. The molecule has 0 spiro atoms. The number of nitrogens with one attached hydrogen (secondary N) is 1. The molecular weight excluding hydrogens is 200 g/mol. The van der Waals surface area contributed by atoms with Gasteiger partial charge in [-0.2, -0.15) is 0 Å². The summed E-state index contributed by atoms with van der Waals surface area (Å²) >= 11 is 0. The van der Waals surface area contributed by atoms with Gasteiger partial charge >= 0.3 is 0 Å². The van der Waals surface area contributed by atoms with Crippen LogP contribution in [-0.2, 0) is 4.79 Å². The third-order valence-corrected chi connectivity index (χ3v) is 4.42. The lowest BCUT2D eigenvalue weighted by atomic mass is 9.66. The highest BCUT2D eigenvalue weighted by molar-refractivity contribution is 5.80. The largest absolute Gasteiger partial charge is 0.325 e. The molecule has 1 amide bonds. The average molecular weight is 224 g/mol. The number of hydrogen-bond donors (Lipinski definition) is 1. The molecule has 1 saturated heterocycles. The Morgan fingerprint density at radius 2 is 2.19 bits per heavy atom. The van der Waals surface area contributed by atoms with Crippen molar-refractivity contribution in [3.05, 3.63) is 0 Å². The molecule has 92 valence electrons. The lowest BCUT2D eigenvalue weighted by molar-refractivity contribution is -0.131. The monoisotopic (exact) mass is 224 g/mol. The first-order valence-corrected chi connectivity index (χ1v) is 6.61. The van der Waals surface area contributed by atoms with Crippen LogP contribution < -0.4 is 5.32 Å². The topological polar surface area (TPSA) is 32.3 Å². The zero-order chi connectivity index (χ0) is 11.8. The third kappa shape index (κ3) is 1.97. The summed E-state index contributed by atoms with van der Waals surface area (Å²) in [5.74, 6) is 0.791. The second kappa shape index (κ2) is 4.36. The van der Waals surface area contributed by atoms with E-state index in [4.69, 9.17) is 0 Å². The molecule has 1 N–H and O–H groups in total. The zero-order valence-electron chi connectivity index (χ0n) is 10.8. The lowest BCUT2D eigenvalue weighted by Gasteiger charge is -2.45. The van der Waals surface area contributed by atoms with E-state index in [0.717, 1.165) is 6.54 Å². The van der Waals surface area contributed by atoms with Crippen LogP contribution in [0.15, 0.2) is 0 Å². The molecule has 2 aliphatic rings. The molecule has 0 aromatic rings. The fraction of sp³-hybridized carbons (Fsp3) is 0.923. The van der Waals surface area contributed by atoms with Crippen molar-refractivity contribution in [2.45, 2.75) is 52.6 Å². The number of rotatable bonds is 4. The van der Waals surface area contributed by atoms with Crippen LogP contribution >= 0.6 is 0 Å². The van der Waals surface area contributed by atoms with Gasteiger partial charge in [0, 0.05) is 6.54 Å². The zero-order valence-corrected chi connectivity index (χ0v) is 10.8. The molecule has 0 radical (unpaired) electrons. The molecule has 16 heavy (non-hydrogen) atoms. The molecule has 0 bridgehead atoms. The molecule has 2 rings (SSSR count). The fourth-order valence-corrected chi connectivity index (χ4v) is 3.00. The molecule has 1 aliphatic carbocycles. The van der Waals surface area contributed by atoms with Crippen LogP contribution in [0.1, 0.15) is 46.5 Å². The van der Waals surface area contributed by atoms with Gasteiger partial charge in [0.25, 0.3) is 0 Å². The highest BCUT2D eigenvalue weighted by Crippen LogP contribution is 2.45. The first kappa shape index (κ1) is 11.9. The van der Waals surface area contributed by atoms with E-state index in [-0.39, 0.29) is 6.17 Å². The molecular formula is C13H24N2O. The van der Waals surface area contributed by atoms with Gasteiger partial charge in [-0.15, -0.1) is 0 Å². The quantitative estimate of drug-likeness (QED) is 0.792. The van der Waals surface area contributed by atoms with Crippen LogP contribution in [0, 0.1) is 11.3 Å². The molecule has 0 aromatic carbocycles. The summed E-state index contributed by atoms with van der Waals surface area (Å²) in [6.45, 7) is 8.13. The van der Waals surface area contributed by atoms with Crippen LogP contribution in [0.5, 0.6) is 0 Å². The Hall–Kier alpha value is -0.570. The molecule has 1 aliphatic heterocycles. The Morgan fingerprint density at radius 3 is 2.62 bits per heavy atom. The lowest BCUT2D eigenvalue weighted by Crippen LogP contribution is -2.49. The maximum Gasteiger partial charge on any atom is 0.237 e. The summed E-state index contributed by atoms with van der Waals surface area (Å²) in [5, 5.41) is 3.33. The van der Waals surface area contributed by atoms with E-state index in [1.165, 1.54) is 25.7 Å². The van der Waals surface area contributed by atoms with Gasteiger partial charge in [-0.1, -0.05) is 27.2 Å². The van der Waals surface area contributed by atoms with E-state index in [0.29, 0.717) is 23.8 Å². The van der Waals surface area contributed by atoms with Gasteiger partial charge in [0.1, 0.15) is 0 Å². The normalized spacial score (nSPS) is 28.6. The average Bonchev–Trinajstić information content (AvgIpc) is 2.54. The van der Waals surface area contributed by atoms with Crippen LogP contribution in [-0.4, -0.2) is 30.1 Å². The molecule has 1 unspecified atom stereocenters. The number of nitrogens with zero attached hydrogens (tertiary/aromatic N) is 1.